The first kappa shape index (κ1) is 20.0. The van der Waals surface area contributed by atoms with Gasteiger partial charge in [0.05, 0.1) is 29.5 Å². The molecule has 1 fully saturated rings. The second-order valence-corrected chi connectivity index (χ2v) is 8.76. The maximum atomic E-state index is 13.1. The summed E-state index contributed by atoms with van der Waals surface area (Å²) >= 11 is 7.37. The fraction of sp³-hybridized carbons (Fsp3) is 0.381. The number of hydrogen-bond donors (Lipinski definition) is 0. The van der Waals surface area contributed by atoms with Crippen LogP contribution < -0.4 is 5.56 Å². The zero-order valence-corrected chi connectivity index (χ0v) is 17.7. The highest BCUT2D eigenvalue weighted by molar-refractivity contribution is 7.99. The largest absolute Gasteiger partial charge is 0.467 e. The number of piperidine rings is 1. The van der Waals surface area contributed by atoms with E-state index in [1.54, 1.807) is 35.1 Å². The van der Waals surface area contributed by atoms with Crippen LogP contribution in [0.15, 0.2) is 51.0 Å². The molecule has 0 radical (unpaired) electrons. The number of nitrogens with zero attached hydrogens (tertiary/aromatic N) is 3. The second kappa shape index (κ2) is 8.63. The molecular weight excluding hydrogens is 410 g/mol. The highest BCUT2D eigenvalue weighted by Crippen LogP contribution is 2.23. The van der Waals surface area contributed by atoms with E-state index in [-0.39, 0.29) is 23.8 Å². The molecule has 3 heterocycles. The predicted molar refractivity (Wildman–Crippen MR) is 115 cm³/mol. The first-order valence-corrected chi connectivity index (χ1v) is 11.0. The Morgan fingerprint density at radius 2 is 2.10 bits per heavy atom. The summed E-state index contributed by atoms with van der Waals surface area (Å²) in [5.41, 5.74) is 0.352. The highest BCUT2D eigenvalue weighted by atomic mass is 35.5. The number of hydrogen-bond acceptors (Lipinski definition) is 5. The molecule has 3 aromatic rings. The summed E-state index contributed by atoms with van der Waals surface area (Å²) in [4.78, 5) is 32.3. The van der Waals surface area contributed by atoms with Crippen LogP contribution in [0, 0.1) is 5.92 Å². The zero-order chi connectivity index (χ0) is 20.4. The van der Waals surface area contributed by atoms with Crippen molar-refractivity contribution in [3.05, 3.63) is 57.7 Å². The second-order valence-electron chi connectivity index (χ2n) is 7.38. The minimum absolute atomic E-state index is 0.0758. The van der Waals surface area contributed by atoms with Crippen LogP contribution in [0.1, 0.15) is 25.5 Å². The predicted octanol–water partition coefficient (Wildman–Crippen LogP) is 4.04. The zero-order valence-electron chi connectivity index (χ0n) is 16.1. The number of furan rings is 1. The lowest BCUT2D eigenvalue weighted by atomic mass is 9.99. The van der Waals surface area contributed by atoms with Crippen LogP contribution in [-0.2, 0) is 11.3 Å². The van der Waals surface area contributed by atoms with Gasteiger partial charge in [0.25, 0.3) is 5.56 Å². The quantitative estimate of drug-likeness (QED) is 0.450. The Morgan fingerprint density at radius 1 is 1.31 bits per heavy atom. The summed E-state index contributed by atoms with van der Waals surface area (Å²) in [6.45, 7) is 4.06. The molecule has 29 heavy (non-hydrogen) atoms. The van der Waals surface area contributed by atoms with E-state index in [0.29, 0.717) is 32.8 Å². The number of amides is 1. The van der Waals surface area contributed by atoms with Crippen molar-refractivity contribution in [1.82, 2.24) is 14.5 Å². The van der Waals surface area contributed by atoms with Gasteiger partial charge in [-0.15, -0.1) is 0 Å². The molecule has 0 atom stereocenters. The van der Waals surface area contributed by atoms with E-state index < -0.39 is 0 Å². The van der Waals surface area contributed by atoms with E-state index in [9.17, 15) is 9.59 Å². The number of fused-ring (bicyclic) bond motifs is 1. The summed E-state index contributed by atoms with van der Waals surface area (Å²) in [7, 11) is 0. The number of rotatable bonds is 5. The highest BCUT2D eigenvalue weighted by Gasteiger charge is 2.21. The molecule has 152 valence electrons. The Morgan fingerprint density at radius 3 is 2.83 bits per heavy atom. The number of halogens is 1. The van der Waals surface area contributed by atoms with Gasteiger partial charge in [0.2, 0.25) is 5.91 Å². The third-order valence-electron chi connectivity index (χ3n) is 5.24. The monoisotopic (exact) mass is 431 g/mol. The molecule has 0 N–H and O–H groups in total. The maximum Gasteiger partial charge on any atom is 0.262 e. The number of benzene rings is 1. The molecular formula is C21H22ClN3O3S. The number of likely N-dealkylation sites (tertiary alicyclic amines) is 1. The first-order chi connectivity index (χ1) is 14.0. The summed E-state index contributed by atoms with van der Waals surface area (Å²) < 4.78 is 6.98. The van der Waals surface area contributed by atoms with E-state index in [4.69, 9.17) is 16.0 Å². The van der Waals surface area contributed by atoms with Gasteiger partial charge in [-0.3, -0.25) is 14.2 Å². The lowest BCUT2D eigenvalue weighted by molar-refractivity contribution is -0.129. The van der Waals surface area contributed by atoms with Gasteiger partial charge in [-0.2, -0.15) is 0 Å². The van der Waals surface area contributed by atoms with E-state index in [0.717, 1.165) is 25.9 Å². The minimum Gasteiger partial charge on any atom is -0.467 e. The maximum absolute atomic E-state index is 13.1. The molecule has 0 saturated carbocycles. The number of carbonyl (C=O) groups excluding carboxylic acids is 1. The van der Waals surface area contributed by atoms with Crippen LogP contribution in [0.3, 0.4) is 0 Å². The van der Waals surface area contributed by atoms with Crippen LogP contribution in [0.4, 0.5) is 0 Å². The van der Waals surface area contributed by atoms with Gasteiger partial charge in [-0.05, 0) is 49.1 Å². The lowest BCUT2D eigenvalue weighted by Gasteiger charge is -2.30. The van der Waals surface area contributed by atoms with Crippen molar-refractivity contribution >= 4 is 40.2 Å². The Balaban J connectivity index is 1.62. The van der Waals surface area contributed by atoms with Crippen LogP contribution >= 0.6 is 23.4 Å². The van der Waals surface area contributed by atoms with Gasteiger partial charge in [0.15, 0.2) is 5.16 Å². The fourth-order valence-electron chi connectivity index (χ4n) is 3.46. The van der Waals surface area contributed by atoms with E-state index in [1.165, 1.54) is 11.8 Å². The Hall–Kier alpha value is -2.25. The smallest absolute Gasteiger partial charge is 0.262 e. The topological polar surface area (TPSA) is 68.3 Å². The van der Waals surface area contributed by atoms with Gasteiger partial charge < -0.3 is 9.32 Å². The Kier molecular flexibility index (Phi) is 5.96. The van der Waals surface area contributed by atoms with Crippen molar-refractivity contribution in [2.45, 2.75) is 31.5 Å². The number of thioether (sulfide) groups is 1. The molecule has 0 bridgehead atoms. The first-order valence-electron chi connectivity index (χ1n) is 9.64. The molecule has 6 nitrogen and oxygen atoms in total. The average molecular weight is 432 g/mol. The molecule has 2 aromatic heterocycles. The third kappa shape index (κ3) is 4.51. The molecule has 1 aromatic carbocycles. The normalized spacial score (nSPS) is 15.2. The third-order valence-corrected chi connectivity index (χ3v) is 6.43. The summed E-state index contributed by atoms with van der Waals surface area (Å²) in [6.07, 6.45) is 3.64. The molecule has 1 saturated heterocycles. The minimum atomic E-state index is -0.176. The van der Waals surface area contributed by atoms with Crippen molar-refractivity contribution < 1.29 is 9.21 Å². The van der Waals surface area contributed by atoms with Gasteiger partial charge >= 0.3 is 0 Å². The van der Waals surface area contributed by atoms with Crippen molar-refractivity contribution in [1.29, 1.82) is 0 Å². The summed E-state index contributed by atoms with van der Waals surface area (Å²) in [5.74, 6) is 1.63. The van der Waals surface area contributed by atoms with Crippen molar-refractivity contribution in [2.24, 2.45) is 5.92 Å². The standard InChI is InChI=1S/C21H22ClN3O3S/c1-14-6-8-24(9-7-14)19(26)13-29-21-23-18-11-15(22)4-5-17(18)20(27)25(21)12-16-3-2-10-28-16/h2-5,10-11,14H,6-9,12-13H2,1H3. The van der Waals surface area contributed by atoms with E-state index in [1.807, 2.05) is 11.0 Å². The summed E-state index contributed by atoms with van der Waals surface area (Å²) in [6, 6.07) is 8.63. The molecule has 0 unspecified atom stereocenters. The molecule has 1 amide bonds. The van der Waals surface area contributed by atoms with Gasteiger partial charge in [0.1, 0.15) is 5.76 Å². The van der Waals surface area contributed by atoms with Crippen molar-refractivity contribution in [2.75, 3.05) is 18.8 Å². The van der Waals surface area contributed by atoms with E-state index >= 15 is 0 Å². The van der Waals surface area contributed by atoms with Crippen molar-refractivity contribution in [3.63, 3.8) is 0 Å². The SMILES string of the molecule is CC1CCN(C(=O)CSc2nc3cc(Cl)ccc3c(=O)n2Cc2ccco2)CC1. The molecule has 0 aliphatic carbocycles. The Bertz CT molecular complexity index is 1070. The number of carbonyl (C=O) groups is 1. The number of aromatic nitrogens is 2. The van der Waals surface area contributed by atoms with Crippen molar-refractivity contribution in [3.8, 4) is 0 Å². The van der Waals surface area contributed by atoms with Crippen LogP contribution in [0.2, 0.25) is 5.02 Å². The van der Waals surface area contributed by atoms with Gasteiger partial charge in [0, 0.05) is 18.1 Å². The molecule has 8 heteroatoms. The van der Waals surface area contributed by atoms with Gasteiger partial charge in [-0.25, -0.2) is 4.98 Å². The van der Waals surface area contributed by atoms with Crippen LogP contribution in [0.25, 0.3) is 10.9 Å². The summed E-state index contributed by atoms with van der Waals surface area (Å²) in [5, 5.41) is 1.49. The average Bonchev–Trinajstić information content (AvgIpc) is 3.22. The van der Waals surface area contributed by atoms with Crippen LogP contribution in [-0.4, -0.2) is 39.2 Å². The van der Waals surface area contributed by atoms with Crippen LogP contribution in [0.5, 0.6) is 0 Å². The molecule has 1 aliphatic rings. The van der Waals surface area contributed by atoms with E-state index in [2.05, 4.69) is 11.9 Å². The fourth-order valence-corrected chi connectivity index (χ4v) is 4.53. The molecule has 0 spiro atoms. The lowest BCUT2D eigenvalue weighted by Crippen LogP contribution is -2.39. The Labute approximate surface area is 177 Å². The molecule has 4 rings (SSSR count). The van der Waals surface area contributed by atoms with Gasteiger partial charge in [-0.1, -0.05) is 30.3 Å². The molecule has 1 aliphatic heterocycles.